The lowest BCUT2D eigenvalue weighted by Crippen LogP contribution is -2.28. The van der Waals surface area contributed by atoms with Gasteiger partial charge < -0.3 is 20.8 Å². The summed E-state index contributed by atoms with van der Waals surface area (Å²) in [7, 11) is 0. The Kier molecular flexibility index (Phi) is 5.96. The van der Waals surface area contributed by atoms with Crippen molar-refractivity contribution in [3.63, 3.8) is 0 Å². The first-order valence-corrected chi connectivity index (χ1v) is 10.3. The number of pyridine rings is 2. The zero-order valence-corrected chi connectivity index (χ0v) is 18.2. The maximum absolute atomic E-state index is 13.5. The predicted molar refractivity (Wildman–Crippen MR) is 124 cm³/mol. The van der Waals surface area contributed by atoms with E-state index in [1.807, 2.05) is 13.8 Å². The number of anilines is 3. The van der Waals surface area contributed by atoms with Gasteiger partial charge >= 0.3 is 0 Å². The number of rotatable bonds is 6. The van der Waals surface area contributed by atoms with Gasteiger partial charge in [0.1, 0.15) is 22.9 Å². The highest BCUT2D eigenvalue weighted by Gasteiger charge is 2.18. The number of carbonyl (C=O) groups is 1. The molecule has 0 spiro atoms. The van der Waals surface area contributed by atoms with E-state index in [1.54, 1.807) is 36.7 Å². The molecule has 0 saturated carbocycles. The van der Waals surface area contributed by atoms with Crippen molar-refractivity contribution in [1.29, 1.82) is 0 Å². The summed E-state index contributed by atoms with van der Waals surface area (Å²) >= 11 is 5.88. The molecule has 4 rings (SSSR count). The van der Waals surface area contributed by atoms with E-state index in [-0.39, 0.29) is 22.5 Å². The molecule has 0 radical (unpaired) electrons. The lowest BCUT2D eigenvalue weighted by atomic mass is 10.1. The van der Waals surface area contributed by atoms with Crippen LogP contribution in [0.25, 0.3) is 22.2 Å². The monoisotopic (exact) mass is 453 g/mol. The number of nitrogens with zero attached hydrogens (tertiary/aromatic N) is 2. The molecule has 0 aliphatic carbocycles. The number of halogens is 2. The van der Waals surface area contributed by atoms with Crippen molar-refractivity contribution in [2.75, 3.05) is 17.6 Å². The quantitative estimate of drug-likeness (QED) is 0.361. The second-order valence-electron chi connectivity index (χ2n) is 7.67. The van der Waals surface area contributed by atoms with Crippen LogP contribution in [0.4, 0.5) is 21.6 Å². The number of carbonyl (C=O) groups excluding carboxylic acids is 1. The van der Waals surface area contributed by atoms with Crippen molar-refractivity contribution in [2.45, 2.75) is 13.8 Å². The van der Waals surface area contributed by atoms with E-state index in [9.17, 15) is 9.18 Å². The largest absolute Gasteiger partial charge is 0.436 e. The van der Waals surface area contributed by atoms with Crippen LogP contribution >= 0.6 is 11.6 Å². The molecule has 0 unspecified atom stereocenters. The van der Waals surface area contributed by atoms with E-state index in [0.717, 1.165) is 0 Å². The first kappa shape index (κ1) is 21.6. The zero-order chi connectivity index (χ0) is 22.8. The summed E-state index contributed by atoms with van der Waals surface area (Å²) in [6.07, 6.45) is 3.17. The number of hydrogen-bond donors (Lipinski definition) is 3. The van der Waals surface area contributed by atoms with Crippen LogP contribution in [0.1, 0.15) is 24.3 Å². The standard InChI is InChI=1S/C23H21ClFN5O2/c1-12(2)11-29-23(31)18-9-13(5-7-27-18)19-21-15(6-8-28-19)20(22(26)32-21)30-14-3-4-17(25)16(24)10-14/h3-10,12,30H,11,26H2,1-2H3,(H,29,31). The summed E-state index contributed by atoms with van der Waals surface area (Å²) in [6.45, 7) is 4.58. The molecule has 9 heteroatoms. The van der Waals surface area contributed by atoms with Gasteiger partial charge in [0.05, 0.1) is 10.4 Å². The van der Waals surface area contributed by atoms with Crippen LogP contribution in [0.15, 0.2) is 53.2 Å². The van der Waals surface area contributed by atoms with Crippen molar-refractivity contribution in [2.24, 2.45) is 5.92 Å². The van der Waals surface area contributed by atoms with E-state index >= 15 is 0 Å². The van der Waals surface area contributed by atoms with Crippen LogP contribution in [-0.4, -0.2) is 22.4 Å². The van der Waals surface area contributed by atoms with Gasteiger partial charge in [0.25, 0.3) is 5.91 Å². The highest BCUT2D eigenvalue weighted by molar-refractivity contribution is 6.31. The van der Waals surface area contributed by atoms with Crippen molar-refractivity contribution < 1.29 is 13.6 Å². The van der Waals surface area contributed by atoms with Crippen molar-refractivity contribution in [1.82, 2.24) is 15.3 Å². The van der Waals surface area contributed by atoms with Gasteiger partial charge in [0.2, 0.25) is 5.88 Å². The fourth-order valence-electron chi connectivity index (χ4n) is 3.18. The Labute approximate surface area is 188 Å². The lowest BCUT2D eigenvalue weighted by molar-refractivity contribution is 0.0944. The second-order valence-corrected chi connectivity index (χ2v) is 8.07. The van der Waals surface area contributed by atoms with Gasteiger partial charge in [-0.1, -0.05) is 25.4 Å². The van der Waals surface area contributed by atoms with Crippen LogP contribution in [0, 0.1) is 11.7 Å². The molecule has 3 heterocycles. The molecule has 0 atom stereocenters. The number of nitrogen functional groups attached to an aromatic ring is 1. The molecule has 0 aliphatic heterocycles. The van der Waals surface area contributed by atoms with Gasteiger partial charge in [-0.15, -0.1) is 0 Å². The molecule has 1 amide bonds. The van der Waals surface area contributed by atoms with Crippen LogP contribution in [-0.2, 0) is 0 Å². The maximum Gasteiger partial charge on any atom is 0.269 e. The summed E-state index contributed by atoms with van der Waals surface area (Å²) in [5.74, 6) is -0.314. The van der Waals surface area contributed by atoms with Crippen LogP contribution < -0.4 is 16.4 Å². The normalized spacial score (nSPS) is 11.2. The molecule has 7 nitrogen and oxygen atoms in total. The summed E-state index contributed by atoms with van der Waals surface area (Å²) in [5.41, 5.74) is 9.08. The average Bonchev–Trinajstić information content (AvgIpc) is 3.09. The molecule has 0 fully saturated rings. The smallest absolute Gasteiger partial charge is 0.269 e. The summed E-state index contributed by atoms with van der Waals surface area (Å²) in [6, 6.07) is 9.42. The third kappa shape index (κ3) is 4.36. The summed E-state index contributed by atoms with van der Waals surface area (Å²) in [5, 5.41) is 6.64. The Hall–Kier alpha value is -3.65. The molecule has 164 valence electrons. The fraction of sp³-hybridized carbons (Fsp3) is 0.174. The number of hydrogen-bond acceptors (Lipinski definition) is 6. The number of nitrogens with one attached hydrogen (secondary N) is 2. The van der Waals surface area contributed by atoms with Crippen LogP contribution in [0.3, 0.4) is 0 Å². The van der Waals surface area contributed by atoms with Gasteiger partial charge in [0.15, 0.2) is 5.58 Å². The molecule has 0 saturated heterocycles. The topological polar surface area (TPSA) is 106 Å². The Bertz CT molecular complexity index is 1310. The van der Waals surface area contributed by atoms with E-state index < -0.39 is 5.82 Å². The Balaban J connectivity index is 1.71. The number of furan rings is 1. The number of nitrogens with two attached hydrogens (primary N) is 1. The fourth-order valence-corrected chi connectivity index (χ4v) is 3.36. The summed E-state index contributed by atoms with van der Waals surface area (Å²) < 4.78 is 19.3. The highest BCUT2D eigenvalue weighted by Crippen LogP contribution is 2.39. The predicted octanol–water partition coefficient (Wildman–Crippen LogP) is 5.39. The van der Waals surface area contributed by atoms with E-state index in [1.165, 1.54) is 12.1 Å². The van der Waals surface area contributed by atoms with Gasteiger partial charge in [0, 0.05) is 30.2 Å². The zero-order valence-electron chi connectivity index (χ0n) is 17.4. The average molecular weight is 454 g/mol. The minimum absolute atomic E-state index is 0.0104. The Morgan fingerprint density at radius 1 is 1.19 bits per heavy atom. The highest BCUT2D eigenvalue weighted by atomic mass is 35.5. The molecular formula is C23H21ClFN5O2. The number of aromatic nitrogens is 2. The van der Waals surface area contributed by atoms with Gasteiger partial charge in [-0.25, -0.2) is 4.39 Å². The molecule has 32 heavy (non-hydrogen) atoms. The van der Waals surface area contributed by atoms with E-state index in [2.05, 4.69) is 20.6 Å². The van der Waals surface area contributed by atoms with Crippen molar-refractivity contribution in [3.05, 3.63) is 65.3 Å². The van der Waals surface area contributed by atoms with Crippen molar-refractivity contribution >= 4 is 45.7 Å². The molecule has 0 bridgehead atoms. The molecule has 1 aromatic carbocycles. The number of benzene rings is 1. The van der Waals surface area contributed by atoms with Crippen LogP contribution in [0.2, 0.25) is 5.02 Å². The van der Waals surface area contributed by atoms with Crippen molar-refractivity contribution in [3.8, 4) is 11.3 Å². The molecule has 4 N–H and O–H groups in total. The van der Waals surface area contributed by atoms with Gasteiger partial charge in [-0.05, 0) is 42.3 Å². The number of fused-ring (bicyclic) bond motifs is 1. The third-order valence-electron chi connectivity index (χ3n) is 4.76. The van der Waals surface area contributed by atoms with E-state index in [0.29, 0.717) is 46.1 Å². The first-order chi connectivity index (χ1) is 15.3. The van der Waals surface area contributed by atoms with E-state index in [4.69, 9.17) is 21.8 Å². The SMILES string of the molecule is CC(C)CNC(=O)c1cc(-c2nccc3c(Nc4ccc(F)c(Cl)c4)c(N)oc23)ccn1. The van der Waals surface area contributed by atoms with Gasteiger partial charge in [-0.3, -0.25) is 14.8 Å². The number of amides is 1. The van der Waals surface area contributed by atoms with Gasteiger partial charge in [-0.2, -0.15) is 0 Å². The van der Waals surface area contributed by atoms with Crippen LogP contribution in [0.5, 0.6) is 0 Å². The Morgan fingerprint density at radius 3 is 2.72 bits per heavy atom. The Morgan fingerprint density at radius 2 is 1.97 bits per heavy atom. The summed E-state index contributed by atoms with van der Waals surface area (Å²) in [4.78, 5) is 21.0. The third-order valence-corrected chi connectivity index (χ3v) is 5.05. The lowest BCUT2D eigenvalue weighted by Gasteiger charge is -2.08. The molecule has 4 aromatic rings. The first-order valence-electron chi connectivity index (χ1n) is 9.97. The molecule has 0 aliphatic rings. The maximum atomic E-state index is 13.5. The molecule has 3 aromatic heterocycles. The minimum atomic E-state index is -0.514. The second kappa shape index (κ2) is 8.84. The minimum Gasteiger partial charge on any atom is -0.436 e. The molecular weight excluding hydrogens is 433 g/mol.